The molecule has 0 aromatic heterocycles. The van der Waals surface area contributed by atoms with Crippen molar-refractivity contribution in [2.24, 2.45) is 10.7 Å². The van der Waals surface area contributed by atoms with Gasteiger partial charge in [0.1, 0.15) is 5.25 Å². The van der Waals surface area contributed by atoms with E-state index in [9.17, 15) is 9.59 Å². The molecule has 2 amide bonds. The predicted molar refractivity (Wildman–Crippen MR) is 71.5 cm³/mol. The van der Waals surface area contributed by atoms with E-state index in [1.165, 1.54) is 16.7 Å². The molecule has 18 heavy (non-hydrogen) atoms. The van der Waals surface area contributed by atoms with Gasteiger partial charge in [0.15, 0.2) is 5.17 Å². The lowest BCUT2D eigenvalue weighted by Crippen LogP contribution is -2.30. The minimum absolute atomic E-state index is 0.0433. The molecule has 0 aliphatic carbocycles. The summed E-state index contributed by atoms with van der Waals surface area (Å²) in [6, 6.07) is 9.36. The Morgan fingerprint density at radius 1 is 1.44 bits per heavy atom. The van der Waals surface area contributed by atoms with Gasteiger partial charge in [-0.2, -0.15) is 0 Å². The van der Waals surface area contributed by atoms with E-state index in [1.54, 1.807) is 7.05 Å². The Kier molecular flexibility index (Phi) is 3.66. The quantitative estimate of drug-likeness (QED) is 0.888. The molecule has 1 heterocycles. The lowest BCUT2D eigenvalue weighted by molar-refractivity contribution is -0.127. The van der Waals surface area contributed by atoms with Crippen LogP contribution in [0.25, 0.3) is 0 Å². The lowest BCUT2D eigenvalue weighted by Gasteiger charge is -2.08. The number of amidine groups is 1. The fourth-order valence-corrected chi connectivity index (χ4v) is 2.76. The third-order valence-electron chi connectivity index (χ3n) is 2.51. The van der Waals surface area contributed by atoms with Crippen LogP contribution in [-0.2, 0) is 9.59 Å². The second-order valence-corrected chi connectivity index (χ2v) is 5.07. The number of carbonyl (C=O) groups is 2. The molecule has 6 heteroatoms. The molecule has 1 aromatic carbocycles. The monoisotopic (exact) mass is 263 g/mol. The minimum atomic E-state index is -0.477. The Balaban J connectivity index is 2.18. The van der Waals surface area contributed by atoms with Crippen molar-refractivity contribution in [1.29, 1.82) is 0 Å². The summed E-state index contributed by atoms with van der Waals surface area (Å²) >= 11 is 1.28. The highest BCUT2D eigenvalue weighted by molar-refractivity contribution is 8.15. The van der Waals surface area contributed by atoms with Gasteiger partial charge in [-0.05, 0) is 12.1 Å². The molecular formula is C12H13N3O2S. The first kappa shape index (κ1) is 12.6. The standard InChI is InChI=1S/C12H13N3O2S/c1-15-11(17)9(7-10(13)16)18-12(15)14-8-5-3-2-4-6-8/h2-6,9H,7H2,1H3,(H2,13,16). The summed E-state index contributed by atoms with van der Waals surface area (Å²) in [5, 5.41) is 0.146. The van der Waals surface area contributed by atoms with E-state index in [4.69, 9.17) is 5.73 Å². The van der Waals surface area contributed by atoms with Crippen molar-refractivity contribution in [3.05, 3.63) is 30.3 Å². The van der Waals surface area contributed by atoms with E-state index in [0.717, 1.165) is 5.69 Å². The Morgan fingerprint density at radius 3 is 2.72 bits per heavy atom. The van der Waals surface area contributed by atoms with Crippen LogP contribution in [0.15, 0.2) is 35.3 Å². The van der Waals surface area contributed by atoms with E-state index in [1.807, 2.05) is 30.3 Å². The molecule has 1 aromatic rings. The molecule has 1 fully saturated rings. The number of rotatable bonds is 3. The number of nitrogens with two attached hydrogens (primary N) is 1. The number of hydrogen-bond acceptors (Lipinski definition) is 4. The molecule has 1 atom stereocenters. The molecule has 0 bridgehead atoms. The van der Waals surface area contributed by atoms with Gasteiger partial charge >= 0.3 is 0 Å². The average Bonchev–Trinajstić information content (AvgIpc) is 2.58. The van der Waals surface area contributed by atoms with Gasteiger partial charge < -0.3 is 5.73 Å². The normalized spacial score (nSPS) is 21.6. The summed E-state index contributed by atoms with van der Waals surface area (Å²) in [6.45, 7) is 0. The van der Waals surface area contributed by atoms with E-state index in [-0.39, 0.29) is 12.3 Å². The fraction of sp³-hybridized carbons (Fsp3) is 0.250. The number of primary amides is 1. The zero-order chi connectivity index (χ0) is 13.1. The van der Waals surface area contributed by atoms with Crippen molar-refractivity contribution >= 4 is 34.4 Å². The summed E-state index contributed by atoms with van der Waals surface area (Å²) in [5.41, 5.74) is 5.89. The largest absolute Gasteiger partial charge is 0.370 e. The zero-order valence-corrected chi connectivity index (χ0v) is 10.7. The maximum absolute atomic E-state index is 11.9. The van der Waals surface area contributed by atoms with Gasteiger partial charge in [0.2, 0.25) is 11.8 Å². The fourth-order valence-electron chi connectivity index (χ4n) is 1.59. The number of nitrogens with zero attached hydrogens (tertiary/aromatic N) is 2. The summed E-state index contributed by atoms with van der Waals surface area (Å²) in [5.74, 6) is -0.608. The number of aliphatic imine (C=N–C) groups is 1. The van der Waals surface area contributed by atoms with Crippen LogP contribution in [0.4, 0.5) is 5.69 Å². The van der Waals surface area contributed by atoms with Gasteiger partial charge in [0.05, 0.1) is 5.69 Å². The number of benzene rings is 1. The van der Waals surface area contributed by atoms with Crippen LogP contribution in [0.3, 0.4) is 0 Å². The van der Waals surface area contributed by atoms with Crippen LogP contribution in [0, 0.1) is 0 Å². The zero-order valence-electron chi connectivity index (χ0n) is 9.87. The molecule has 0 spiro atoms. The van der Waals surface area contributed by atoms with Crippen molar-refractivity contribution in [1.82, 2.24) is 4.90 Å². The first-order valence-electron chi connectivity index (χ1n) is 5.44. The summed E-state index contributed by atoms with van der Waals surface area (Å²) in [7, 11) is 1.65. The van der Waals surface area contributed by atoms with E-state index >= 15 is 0 Å². The van der Waals surface area contributed by atoms with Crippen molar-refractivity contribution < 1.29 is 9.59 Å². The van der Waals surface area contributed by atoms with Gasteiger partial charge in [-0.1, -0.05) is 30.0 Å². The second-order valence-electron chi connectivity index (χ2n) is 3.90. The molecule has 94 valence electrons. The number of carbonyl (C=O) groups excluding carboxylic acids is 2. The predicted octanol–water partition coefficient (Wildman–Crippen LogP) is 1.12. The van der Waals surface area contributed by atoms with Crippen molar-refractivity contribution in [2.45, 2.75) is 11.7 Å². The first-order valence-corrected chi connectivity index (χ1v) is 6.32. The van der Waals surface area contributed by atoms with Crippen molar-refractivity contribution in [2.75, 3.05) is 7.05 Å². The molecule has 1 saturated heterocycles. The molecule has 5 nitrogen and oxygen atoms in total. The van der Waals surface area contributed by atoms with E-state index < -0.39 is 11.2 Å². The van der Waals surface area contributed by atoms with Crippen LogP contribution in [0.1, 0.15) is 6.42 Å². The van der Waals surface area contributed by atoms with Crippen molar-refractivity contribution in [3.8, 4) is 0 Å². The molecule has 2 N–H and O–H groups in total. The van der Waals surface area contributed by atoms with Crippen LogP contribution >= 0.6 is 11.8 Å². The number of para-hydroxylation sites is 1. The Morgan fingerprint density at radius 2 is 2.11 bits per heavy atom. The highest BCUT2D eigenvalue weighted by Crippen LogP contribution is 2.30. The molecule has 1 unspecified atom stereocenters. The van der Waals surface area contributed by atoms with E-state index in [2.05, 4.69) is 4.99 Å². The Hall–Kier alpha value is -1.82. The molecule has 1 aliphatic heterocycles. The highest BCUT2D eigenvalue weighted by atomic mass is 32.2. The third kappa shape index (κ3) is 2.70. The number of amides is 2. The molecule has 1 aliphatic rings. The van der Waals surface area contributed by atoms with Gasteiger partial charge in [-0.3, -0.25) is 14.5 Å². The smallest absolute Gasteiger partial charge is 0.242 e. The van der Waals surface area contributed by atoms with Gasteiger partial charge in [-0.15, -0.1) is 0 Å². The Labute approximate surface area is 109 Å². The molecule has 0 saturated carbocycles. The molecular weight excluding hydrogens is 250 g/mol. The van der Waals surface area contributed by atoms with Crippen LogP contribution in [0.5, 0.6) is 0 Å². The summed E-state index contributed by atoms with van der Waals surface area (Å²) in [4.78, 5) is 28.6. The lowest BCUT2D eigenvalue weighted by atomic mass is 10.2. The number of thioether (sulfide) groups is 1. The van der Waals surface area contributed by atoms with Gasteiger partial charge in [0.25, 0.3) is 0 Å². The SMILES string of the molecule is CN1C(=O)C(CC(N)=O)SC1=Nc1ccccc1. The minimum Gasteiger partial charge on any atom is -0.370 e. The van der Waals surface area contributed by atoms with Crippen LogP contribution in [-0.4, -0.2) is 34.2 Å². The van der Waals surface area contributed by atoms with E-state index in [0.29, 0.717) is 5.17 Å². The topological polar surface area (TPSA) is 75.8 Å². The molecule has 2 rings (SSSR count). The highest BCUT2D eigenvalue weighted by Gasteiger charge is 2.36. The number of hydrogen-bond donors (Lipinski definition) is 1. The maximum atomic E-state index is 11.9. The summed E-state index contributed by atoms with van der Waals surface area (Å²) < 4.78 is 0. The maximum Gasteiger partial charge on any atom is 0.242 e. The average molecular weight is 263 g/mol. The summed E-state index contributed by atoms with van der Waals surface area (Å²) in [6.07, 6.45) is 0.0433. The Bertz CT molecular complexity index is 501. The molecule has 0 radical (unpaired) electrons. The van der Waals surface area contributed by atoms with Crippen LogP contribution < -0.4 is 5.73 Å². The second kappa shape index (κ2) is 5.22. The van der Waals surface area contributed by atoms with Crippen molar-refractivity contribution in [3.63, 3.8) is 0 Å². The van der Waals surface area contributed by atoms with Crippen LogP contribution in [0.2, 0.25) is 0 Å². The van der Waals surface area contributed by atoms with Gasteiger partial charge in [0, 0.05) is 13.5 Å². The third-order valence-corrected chi connectivity index (χ3v) is 3.74. The first-order chi connectivity index (χ1) is 8.58. The van der Waals surface area contributed by atoms with Gasteiger partial charge in [-0.25, -0.2) is 4.99 Å².